The Morgan fingerprint density at radius 1 is 1.36 bits per heavy atom. The largest absolute Gasteiger partial charge is 0.478 e. The van der Waals surface area contributed by atoms with Crippen molar-refractivity contribution in [2.75, 3.05) is 13.2 Å². The fourth-order valence-corrected chi connectivity index (χ4v) is 2.90. The van der Waals surface area contributed by atoms with Crippen molar-refractivity contribution in [3.8, 4) is 11.9 Å². The van der Waals surface area contributed by atoms with Gasteiger partial charge in [-0.05, 0) is 25.8 Å². The first-order valence-corrected chi connectivity index (χ1v) is 8.56. The molecule has 0 atom stereocenters. The van der Waals surface area contributed by atoms with Gasteiger partial charge < -0.3 is 14.8 Å². The van der Waals surface area contributed by atoms with Crippen LogP contribution in [0.25, 0.3) is 0 Å². The fourth-order valence-electron chi connectivity index (χ4n) is 2.72. The molecule has 0 aliphatic heterocycles. The van der Waals surface area contributed by atoms with E-state index >= 15 is 0 Å². The lowest BCUT2D eigenvalue weighted by Crippen LogP contribution is -2.50. The second-order valence-electron chi connectivity index (χ2n) is 5.79. The van der Waals surface area contributed by atoms with E-state index in [0.29, 0.717) is 19.4 Å². The number of nitrogens with one attached hydrogen (secondary N) is 1. The summed E-state index contributed by atoms with van der Waals surface area (Å²) >= 11 is 5.94. The van der Waals surface area contributed by atoms with E-state index in [-0.39, 0.29) is 16.6 Å². The molecule has 1 saturated carbocycles. The van der Waals surface area contributed by atoms with Gasteiger partial charge in [-0.15, -0.1) is 0 Å². The van der Waals surface area contributed by atoms with Crippen molar-refractivity contribution >= 4 is 23.5 Å². The second-order valence-corrected chi connectivity index (χ2v) is 6.20. The van der Waals surface area contributed by atoms with Gasteiger partial charge in [-0.2, -0.15) is 5.26 Å². The van der Waals surface area contributed by atoms with E-state index < -0.39 is 24.0 Å². The maximum Gasteiger partial charge on any atom is 0.359 e. The van der Waals surface area contributed by atoms with Gasteiger partial charge in [-0.1, -0.05) is 30.9 Å². The quantitative estimate of drug-likeness (QED) is 0.777. The summed E-state index contributed by atoms with van der Waals surface area (Å²) < 4.78 is 10.2. The summed E-state index contributed by atoms with van der Waals surface area (Å²) in [6, 6.07) is 5.19. The van der Waals surface area contributed by atoms with E-state index in [1.807, 2.05) is 0 Å². The Morgan fingerprint density at radius 3 is 2.72 bits per heavy atom. The smallest absolute Gasteiger partial charge is 0.359 e. The third-order valence-electron chi connectivity index (χ3n) is 3.94. The molecule has 0 radical (unpaired) electrons. The van der Waals surface area contributed by atoms with Gasteiger partial charge in [0.15, 0.2) is 12.3 Å². The van der Waals surface area contributed by atoms with Crippen LogP contribution in [0.2, 0.25) is 5.02 Å². The lowest BCUT2D eigenvalue weighted by Gasteiger charge is -2.31. The van der Waals surface area contributed by atoms with E-state index in [4.69, 9.17) is 21.1 Å². The lowest BCUT2D eigenvalue weighted by atomic mass is 9.83. The van der Waals surface area contributed by atoms with Gasteiger partial charge in [0.2, 0.25) is 5.88 Å². The van der Waals surface area contributed by atoms with Crippen molar-refractivity contribution in [3.05, 3.63) is 22.8 Å². The number of carbonyl (C=O) groups excluding carboxylic acids is 2. The molecule has 0 saturated heterocycles. The summed E-state index contributed by atoms with van der Waals surface area (Å²) in [4.78, 5) is 28.1. The third kappa shape index (κ3) is 5.07. The van der Waals surface area contributed by atoms with Gasteiger partial charge in [-0.25, -0.2) is 9.78 Å². The Bertz CT molecular complexity index is 681. The average Bonchev–Trinajstić information content (AvgIpc) is 2.62. The van der Waals surface area contributed by atoms with Crippen LogP contribution in [0.3, 0.4) is 0 Å². The SMILES string of the molecule is CCOc1ccc(Cl)c(C(=O)OCC(=O)NC2(C#N)CCCCC2)n1. The monoisotopic (exact) mass is 365 g/mol. The summed E-state index contributed by atoms with van der Waals surface area (Å²) in [6.45, 7) is 1.68. The summed E-state index contributed by atoms with van der Waals surface area (Å²) in [5, 5.41) is 12.1. The molecule has 1 amide bonds. The number of aromatic nitrogens is 1. The molecule has 0 spiro atoms. The Hall–Kier alpha value is -2.33. The van der Waals surface area contributed by atoms with Crippen molar-refractivity contribution in [2.24, 2.45) is 0 Å². The number of pyridine rings is 1. The van der Waals surface area contributed by atoms with Gasteiger partial charge in [0.25, 0.3) is 5.91 Å². The Kier molecular flexibility index (Phi) is 6.59. The van der Waals surface area contributed by atoms with E-state index in [0.717, 1.165) is 19.3 Å². The van der Waals surface area contributed by atoms with Gasteiger partial charge in [0.05, 0.1) is 17.7 Å². The van der Waals surface area contributed by atoms with Gasteiger partial charge in [0.1, 0.15) is 5.54 Å². The molecule has 1 aliphatic rings. The molecule has 1 aromatic rings. The van der Waals surface area contributed by atoms with Crippen molar-refractivity contribution in [1.82, 2.24) is 10.3 Å². The van der Waals surface area contributed by atoms with Crippen molar-refractivity contribution < 1.29 is 19.1 Å². The highest BCUT2D eigenvalue weighted by molar-refractivity contribution is 6.33. The fraction of sp³-hybridized carbons (Fsp3) is 0.529. The highest BCUT2D eigenvalue weighted by Gasteiger charge is 2.33. The summed E-state index contributed by atoms with van der Waals surface area (Å²) in [7, 11) is 0. The molecule has 25 heavy (non-hydrogen) atoms. The van der Waals surface area contributed by atoms with Crippen LogP contribution in [0.15, 0.2) is 12.1 Å². The van der Waals surface area contributed by atoms with Crippen molar-refractivity contribution in [1.29, 1.82) is 5.26 Å². The number of halogens is 1. The van der Waals surface area contributed by atoms with Gasteiger partial charge in [0, 0.05) is 6.07 Å². The average molecular weight is 366 g/mol. The summed E-state index contributed by atoms with van der Waals surface area (Å²) in [6.07, 6.45) is 4.03. The number of hydrogen-bond acceptors (Lipinski definition) is 6. The molecule has 2 rings (SSSR count). The molecule has 8 heteroatoms. The molecule has 1 N–H and O–H groups in total. The molecule has 0 bridgehead atoms. The second kappa shape index (κ2) is 8.67. The number of ether oxygens (including phenoxy) is 2. The van der Waals surface area contributed by atoms with Crippen molar-refractivity contribution in [3.63, 3.8) is 0 Å². The number of hydrogen-bond donors (Lipinski definition) is 1. The molecule has 1 aromatic heterocycles. The predicted octanol–water partition coefficient (Wildman–Crippen LogP) is 2.63. The standard InChI is InChI=1S/C17H20ClN3O4/c1-2-24-14-7-6-12(18)15(20-14)16(23)25-10-13(22)21-17(11-19)8-4-3-5-9-17/h6-7H,2-5,8-10H2,1H3,(H,21,22). The number of carbonyl (C=O) groups is 2. The molecule has 134 valence electrons. The zero-order valence-electron chi connectivity index (χ0n) is 14.0. The summed E-state index contributed by atoms with van der Waals surface area (Å²) in [5.41, 5.74) is -0.986. The number of rotatable bonds is 6. The van der Waals surface area contributed by atoms with Crippen LogP contribution in [-0.2, 0) is 9.53 Å². The van der Waals surface area contributed by atoms with E-state index in [2.05, 4.69) is 16.4 Å². The van der Waals surface area contributed by atoms with E-state index in [1.165, 1.54) is 12.1 Å². The van der Waals surface area contributed by atoms with Crippen LogP contribution < -0.4 is 10.1 Å². The first-order valence-electron chi connectivity index (χ1n) is 8.18. The predicted molar refractivity (Wildman–Crippen MR) is 90.3 cm³/mol. The zero-order valence-corrected chi connectivity index (χ0v) is 14.8. The summed E-state index contributed by atoms with van der Waals surface area (Å²) in [5.74, 6) is -1.10. The number of nitrogens with zero attached hydrogens (tertiary/aromatic N) is 2. The van der Waals surface area contributed by atoms with Crippen LogP contribution in [0, 0.1) is 11.3 Å². The number of amides is 1. The Morgan fingerprint density at radius 2 is 2.08 bits per heavy atom. The molecule has 0 unspecified atom stereocenters. The Labute approximate surface area is 151 Å². The first kappa shape index (κ1) is 19.0. The molecule has 7 nitrogen and oxygen atoms in total. The molecule has 1 aliphatic carbocycles. The van der Waals surface area contributed by atoms with E-state index in [1.54, 1.807) is 6.92 Å². The normalized spacial score (nSPS) is 15.7. The molecule has 0 aromatic carbocycles. The van der Waals surface area contributed by atoms with Crippen LogP contribution >= 0.6 is 11.6 Å². The van der Waals surface area contributed by atoms with Crippen LogP contribution in [0.1, 0.15) is 49.5 Å². The zero-order chi connectivity index (χ0) is 18.3. The first-order chi connectivity index (χ1) is 12.0. The maximum atomic E-state index is 12.1. The van der Waals surface area contributed by atoms with Crippen molar-refractivity contribution in [2.45, 2.75) is 44.6 Å². The van der Waals surface area contributed by atoms with Crippen LogP contribution in [-0.4, -0.2) is 35.6 Å². The minimum Gasteiger partial charge on any atom is -0.478 e. The highest BCUT2D eigenvalue weighted by Crippen LogP contribution is 2.27. The molecule has 1 heterocycles. The molecule has 1 fully saturated rings. The third-order valence-corrected chi connectivity index (χ3v) is 4.25. The van der Waals surface area contributed by atoms with Crippen LogP contribution in [0.4, 0.5) is 0 Å². The Balaban J connectivity index is 1.94. The highest BCUT2D eigenvalue weighted by atomic mass is 35.5. The molecular weight excluding hydrogens is 346 g/mol. The van der Waals surface area contributed by atoms with Crippen LogP contribution in [0.5, 0.6) is 5.88 Å². The number of nitriles is 1. The minimum absolute atomic E-state index is 0.106. The van der Waals surface area contributed by atoms with Gasteiger partial charge in [-0.3, -0.25) is 4.79 Å². The number of esters is 1. The maximum absolute atomic E-state index is 12.1. The minimum atomic E-state index is -0.869. The van der Waals surface area contributed by atoms with Gasteiger partial charge >= 0.3 is 5.97 Å². The van der Waals surface area contributed by atoms with E-state index in [9.17, 15) is 14.9 Å². The lowest BCUT2D eigenvalue weighted by molar-refractivity contribution is -0.125. The topological polar surface area (TPSA) is 101 Å². The molecular formula is C17H20ClN3O4.